The molecule has 0 heterocycles. The number of halogens is 1. The Morgan fingerprint density at radius 2 is 0.722 bits per heavy atom. The van der Waals surface area contributed by atoms with E-state index in [1.807, 2.05) is 0 Å². The number of alkyl halides is 1. The van der Waals surface area contributed by atoms with Crippen molar-refractivity contribution >= 4 is 15.9 Å². The maximum atomic E-state index is 3.88. The van der Waals surface area contributed by atoms with E-state index in [9.17, 15) is 0 Å². The molecule has 0 nitrogen and oxygen atoms in total. The summed E-state index contributed by atoms with van der Waals surface area (Å²) >= 11 is 3.48. The third kappa shape index (κ3) is 16.5. The summed E-state index contributed by atoms with van der Waals surface area (Å²) in [5, 5.41) is 1.18. The minimum absolute atomic E-state index is 1.12. The van der Waals surface area contributed by atoms with Gasteiger partial charge in [-0.3, -0.25) is 0 Å². The third-order valence-electron chi connectivity index (χ3n) is 3.63. The maximum Gasteiger partial charge on any atom is 0.00313 e. The lowest BCUT2D eigenvalue weighted by Gasteiger charge is -2.02. The third-order valence-corrected chi connectivity index (χ3v) is 4.19. The molecule has 0 fully saturated rings. The van der Waals surface area contributed by atoms with Crippen LogP contribution in [0.15, 0.2) is 0 Å². The van der Waals surface area contributed by atoms with Gasteiger partial charge in [-0.25, -0.2) is 0 Å². The Balaban J connectivity index is 2.86. The van der Waals surface area contributed by atoms with Crippen LogP contribution in [0, 0.1) is 6.92 Å². The smallest absolute Gasteiger partial charge is 0.00313 e. The van der Waals surface area contributed by atoms with Crippen molar-refractivity contribution in [1.29, 1.82) is 0 Å². The zero-order chi connectivity index (χ0) is 13.3. The van der Waals surface area contributed by atoms with E-state index < -0.39 is 0 Å². The lowest BCUT2D eigenvalue weighted by atomic mass is 10.0. The fourth-order valence-electron chi connectivity index (χ4n) is 2.39. The Hall–Kier alpha value is 0.480. The minimum atomic E-state index is 1.12. The minimum Gasteiger partial charge on any atom is -0.0928 e. The molecule has 0 N–H and O–H groups in total. The quantitative estimate of drug-likeness (QED) is 0.224. The maximum absolute atomic E-state index is 3.88. The average molecular weight is 318 g/mol. The molecule has 0 aromatic heterocycles. The SMILES string of the molecule is [CH2]CCCCCCCCCCCCCCCCBr. The van der Waals surface area contributed by atoms with Gasteiger partial charge in [0.1, 0.15) is 0 Å². The highest BCUT2D eigenvalue weighted by atomic mass is 79.9. The standard InChI is InChI=1S/C17H34Br/c1-2-3-4-5-6-7-8-9-10-11-12-13-14-15-16-17-18/h1-17H2. The molecule has 0 aliphatic carbocycles. The second-order valence-corrected chi connectivity index (χ2v) is 6.29. The molecule has 18 heavy (non-hydrogen) atoms. The molecule has 0 saturated heterocycles. The van der Waals surface area contributed by atoms with E-state index >= 15 is 0 Å². The number of hydrogen-bond acceptors (Lipinski definition) is 0. The van der Waals surface area contributed by atoms with Crippen LogP contribution >= 0.6 is 15.9 Å². The number of hydrogen-bond donors (Lipinski definition) is 0. The summed E-state index contributed by atoms with van der Waals surface area (Å²) in [6.07, 6.45) is 21.2. The Labute approximate surface area is 124 Å². The van der Waals surface area contributed by atoms with E-state index in [1.165, 1.54) is 95.2 Å². The van der Waals surface area contributed by atoms with Crippen molar-refractivity contribution in [1.82, 2.24) is 0 Å². The molecule has 1 radical (unpaired) electrons. The van der Waals surface area contributed by atoms with E-state index in [0.29, 0.717) is 0 Å². The van der Waals surface area contributed by atoms with E-state index in [4.69, 9.17) is 0 Å². The number of rotatable bonds is 15. The molecule has 0 amide bonds. The van der Waals surface area contributed by atoms with Crippen LogP contribution in [-0.2, 0) is 0 Å². The van der Waals surface area contributed by atoms with Crippen LogP contribution in [0.1, 0.15) is 96.3 Å². The van der Waals surface area contributed by atoms with Crippen molar-refractivity contribution in [3.05, 3.63) is 6.92 Å². The molecule has 0 aliphatic rings. The van der Waals surface area contributed by atoms with E-state index in [1.54, 1.807) is 0 Å². The van der Waals surface area contributed by atoms with Crippen molar-refractivity contribution in [3.8, 4) is 0 Å². The Morgan fingerprint density at radius 3 is 1.00 bits per heavy atom. The van der Waals surface area contributed by atoms with Gasteiger partial charge in [-0.05, 0) is 6.42 Å². The highest BCUT2D eigenvalue weighted by Gasteiger charge is 1.93. The van der Waals surface area contributed by atoms with Gasteiger partial charge in [0, 0.05) is 5.33 Å². The molecule has 0 unspecified atom stereocenters. The second kappa shape index (κ2) is 17.5. The van der Waals surface area contributed by atoms with Crippen LogP contribution in [0.4, 0.5) is 0 Å². The lowest BCUT2D eigenvalue weighted by molar-refractivity contribution is 0.536. The molecule has 0 saturated carbocycles. The van der Waals surface area contributed by atoms with Crippen LogP contribution in [-0.4, -0.2) is 5.33 Å². The molecular formula is C17H34Br. The molecule has 0 spiro atoms. The first-order valence-electron chi connectivity index (χ1n) is 8.27. The molecular weight excluding hydrogens is 284 g/mol. The van der Waals surface area contributed by atoms with Crippen molar-refractivity contribution < 1.29 is 0 Å². The normalized spacial score (nSPS) is 11.0. The molecule has 0 aromatic carbocycles. The zero-order valence-electron chi connectivity index (χ0n) is 12.4. The second-order valence-electron chi connectivity index (χ2n) is 5.49. The predicted octanol–water partition coefficient (Wildman–Crippen LogP) is 7.07. The highest BCUT2D eigenvalue weighted by Crippen LogP contribution is 2.13. The summed E-state index contributed by atoms with van der Waals surface area (Å²) in [4.78, 5) is 0. The molecule has 109 valence electrons. The zero-order valence-corrected chi connectivity index (χ0v) is 14.0. The van der Waals surface area contributed by atoms with E-state index in [0.717, 1.165) is 6.42 Å². The van der Waals surface area contributed by atoms with Gasteiger partial charge in [0.2, 0.25) is 0 Å². The van der Waals surface area contributed by atoms with Gasteiger partial charge in [0.25, 0.3) is 0 Å². The van der Waals surface area contributed by atoms with Crippen molar-refractivity contribution in [2.75, 3.05) is 5.33 Å². The van der Waals surface area contributed by atoms with Crippen LogP contribution in [0.2, 0.25) is 0 Å². The summed E-state index contributed by atoms with van der Waals surface area (Å²) in [6.45, 7) is 3.88. The first-order valence-corrected chi connectivity index (χ1v) is 9.39. The molecule has 0 atom stereocenters. The topological polar surface area (TPSA) is 0 Å². The molecule has 0 bridgehead atoms. The van der Waals surface area contributed by atoms with E-state index in [2.05, 4.69) is 22.9 Å². The van der Waals surface area contributed by atoms with Gasteiger partial charge in [0.05, 0.1) is 0 Å². The van der Waals surface area contributed by atoms with Gasteiger partial charge >= 0.3 is 0 Å². The van der Waals surface area contributed by atoms with Crippen molar-refractivity contribution in [3.63, 3.8) is 0 Å². The fraction of sp³-hybridized carbons (Fsp3) is 0.941. The Kier molecular flexibility index (Phi) is 17.9. The summed E-state index contributed by atoms with van der Waals surface area (Å²) < 4.78 is 0. The van der Waals surface area contributed by atoms with Gasteiger partial charge in [-0.15, -0.1) is 0 Å². The summed E-state index contributed by atoms with van der Waals surface area (Å²) in [5.41, 5.74) is 0. The predicted molar refractivity (Wildman–Crippen MR) is 88.4 cm³/mol. The molecule has 1 heteroatoms. The lowest BCUT2D eigenvalue weighted by Crippen LogP contribution is -1.83. The van der Waals surface area contributed by atoms with Crippen LogP contribution in [0.3, 0.4) is 0 Å². The first-order chi connectivity index (χ1) is 8.91. The van der Waals surface area contributed by atoms with E-state index in [-0.39, 0.29) is 0 Å². The molecule has 0 aromatic rings. The fourth-order valence-corrected chi connectivity index (χ4v) is 2.79. The van der Waals surface area contributed by atoms with Crippen molar-refractivity contribution in [2.24, 2.45) is 0 Å². The number of unbranched alkanes of at least 4 members (excludes halogenated alkanes) is 14. The van der Waals surface area contributed by atoms with Crippen LogP contribution in [0.25, 0.3) is 0 Å². The van der Waals surface area contributed by atoms with Gasteiger partial charge in [-0.1, -0.05) is 113 Å². The van der Waals surface area contributed by atoms with Crippen LogP contribution in [0.5, 0.6) is 0 Å². The van der Waals surface area contributed by atoms with Crippen LogP contribution < -0.4 is 0 Å². The first kappa shape index (κ1) is 18.5. The van der Waals surface area contributed by atoms with Gasteiger partial charge in [0.15, 0.2) is 0 Å². The Morgan fingerprint density at radius 1 is 0.444 bits per heavy atom. The summed E-state index contributed by atoms with van der Waals surface area (Å²) in [5.74, 6) is 0. The molecule has 0 aliphatic heterocycles. The molecule has 0 rings (SSSR count). The summed E-state index contributed by atoms with van der Waals surface area (Å²) in [7, 11) is 0. The van der Waals surface area contributed by atoms with Gasteiger partial charge < -0.3 is 0 Å². The summed E-state index contributed by atoms with van der Waals surface area (Å²) in [6, 6.07) is 0. The largest absolute Gasteiger partial charge is 0.0928 e. The average Bonchev–Trinajstić information content (AvgIpc) is 2.39. The Bertz CT molecular complexity index is 118. The highest BCUT2D eigenvalue weighted by molar-refractivity contribution is 9.09. The van der Waals surface area contributed by atoms with Crippen molar-refractivity contribution in [2.45, 2.75) is 96.3 Å². The van der Waals surface area contributed by atoms with Gasteiger partial charge in [-0.2, -0.15) is 0 Å². The monoisotopic (exact) mass is 317 g/mol.